The van der Waals surface area contributed by atoms with Crippen LogP contribution in [0.3, 0.4) is 0 Å². The lowest BCUT2D eigenvalue weighted by molar-refractivity contribution is 0.0741. The van der Waals surface area contributed by atoms with E-state index in [4.69, 9.17) is 28.4 Å². The van der Waals surface area contributed by atoms with Crippen LogP contribution < -0.4 is 21.3 Å². The van der Waals surface area contributed by atoms with Gasteiger partial charge in [0.25, 0.3) is 5.91 Å². The number of rotatable bonds is 6. The first-order valence-electron chi connectivity index (χ1n) is 10.1. The van der Waals surface area contributed by atoms with E-state index in [9.17, 15) is 14.0 Å². The molecular weight excluding hydrogens is 455 g/mol. The molecule has 3 heterocycles. The molecule has 2 amide bonds. The fourth-order valence-electron chi connectivity index (χ4n) is 3.80. The van der Waals surface area contributed by atoms with Crippen LogP contribution in [0.2, 0.25) is 0 Å². The highest BCUT2D eigenvalue weighted by molar-refractivity contribution is 7.80. The number of nitrogens with zero attached hydrogens (tertiary/aromatic N) is 4. The van der Waals surface area contributed by atoms with Gasteiger partial charge < -0.3 is 26.0 Å². The molecule has 170 valence electrons. The highest BCUT2D eigenvalue weighted by atomic mass is 32.1. The summed E-state index contributed by atoms with van der Waals surface area (Å²) >= 11 is 6.09. The van der Waals surface area contributed by atoms with E-state index < -0.39 is 11.9 Å². The van der Waals surface area contributed by atoms with Crippen molar-refractivity contribution in [2.75, 3.05) is 48.3 Å². The molecule has 4 rings (SSSR count). The SMILES string of the molecule is NC(=S)CC[C@H]1CN(c2ccc(N3CCN(C(=O)c4csc(N)n4)CC3)c(F)c2)C(=O)O1. The minimum atomic E-state index is -0.514. The fraction of sp³-hybridized carbons (Fsp3) is 0.400. The minimum Gasteiger partial charge on any atom is -0.444 e. The van der Waals surface area contributed by atoms with Crippen LogP contribution in [0.5, 0.6) is 0 Å². The van der Waals surface area contributed by atoms with Gasteiger partial charge >= 0.3 is 6.09 Å². The number of nitrogens with two attached hydrogens (primary N) is 2. The molecule has 12 heteroatoms. The first-order chi connectivity index (χ1) is 15.3. The topological polar surface area (TPSA) is 118 Å². The number of piperazine rings is 1. The summed E-state index contributed by atoms with van der Waals surface area (Å²) in [6, 6.07) is 4.69. The van der Waals surface area contributed by atoms with E-state index in [1.54, 1.807) is 22.4 Å². The molecule has 0 aliphatic carbocycles. The average Bonchev–Trinajstić information content (AvgIpc) is 3.37. The molecule has 0 spiro atoms. The van der Waals surface area contributed by atoms with E-state index in [0.29, 0.717) is 72.8 Å². The zero-order chi connectivity index (χ0) is 22.8. The van der Waals surface area contributed by atoms with E-state index in [-0.39, 0.29) is 12.0 Å². The highest BCUT2D eigenvalue weighted by Crippen LogP contribution is 2.29. The van der Waals surface area contributed by atoms with E-state index >= 15 is 0 Å². The van der Waals surface area contributed by atoms with E-state index in [0.717, 1.165) is 0 Å². The molecule has 2 aliphatic rings. The van der Waals surface area contributed by atoms with Crippen LogP contribution in [0, 0.1) is 5.82 Å². The Balaban J connectivity index is 1.37. The van der Waals surface area contributed by atoms with Gasteiger partial charge in [0, 0.05) is 38.0 Å². The second-order valence-corrected chi connectivity index (χ2v) is 9.02. The number of amides is 2. The van der Waals surface area contributed by atoms with Crippen molar-refractivity contribution < 1.29 is 18.7 Å². The Morgan fingerprint density at radius 2 is 2.06 bits per heavy atom. The largest absolute Gasteiger partial charge is 0.444 e. The smallest absolute Gasteiger partial charge is 0.414 e. The second kappa shape index (κ2) is 9.25. The number of hydrogen-bond acceptors (Lipinski definition) is 8. The molecular formula is C20H23FN6O3S2. The maximum atomic E-state index is 14.9. The first-order valence-corrected chi connectivity index (χ1v) is 11.4. The van der Waals surface area contributed by atoms with Crippen molar-refractivity contribution >= 4 is 57.0 Å². The molecule has 9 nitrogen and oxygen atoms in total. The van der Waals surface area contributed by atoms with Crippen LogP contribution in [0.4, 0.5) is 25.7 Å². The van der Waals surface area contributed by atoms with Gasteiger partial charge in [-0.2, -0.15) is 0 Å². The number of cyclic esters (lactones) is 1. The van der Waals surface area contributed by atoms with Crippen molar-refractivity contribution in [3.63, 3.8) is 0 Å². The van der Waals surface area contributed by atoms with Crippen molar-refractivity contribution in [1.82, 2.24) is 9.88 Å². The molecule has 2 saturated heterocycles. The number of halogens is 1. The first kappa shape index (κ1) is 22.2. The number of hydrogen-bond donors (Lipinski definition) is 2. The van der Waals surface area contributed by atoms with Crippen LogP contribution in [0.15, 0.2) is 23.6 Å². The maximum Gasteiger partial charge on any atom is 0.414 e. The maximum absolute atomic E-state index is 14.9. The summed E-state index contributed by atoms with van der Waals surface area (Å²) in [6.45, 7) is 2.17. The molecule has 1 aromatic heterocycles. The van der Waals surface area contributed by atoms with Gasteiger partial charge in [0.05, 0.1) is 22.9 Å². The van der Waals surface area contributed by atoms with Gasteiger partial charge in [0.15, 0.2) is 5.13 Å². The molecule has 4 N–H and O–H groups in total. The lowest BCUT2D eigenvalue weighted by Gasteiger charge is -2.36. The van der Waals surface area contributed by atoms with Gasteiger partial charge in [-0.25, -0.2) is 14.2 Å². The Morgan fingerprint density at radius 3 is 2.69 bits per heavy atom. The third-order valence-electron chi connectivity index (χ3n) is 5.48. The van der Waals surface area contributed by atoms with Gasteiger partial charge in [-0.15, -0.1) is 11.3 Å². The van der Waals surface area contributed by atoms with Gasteiger partial charge in [-0.3, -0.25) is 9.69 Å². The van der Waals surface area contributed by atoms with Crippen molar-refractivity contribution in [3.05, 3.63) is 35.1 Å². The van der Waals surface area contributed by atoms with Crippen molar-refractivity contribution in [3.8, 4) is 0 Å². The average molecular weight is 479 g/mol. The van der Waals surface area contributed by atoms with Crippen molar-refractivity contribution in [2.24, 2.45) is 5.73 Å². The summed E-state index contributed by atoms with van der Waals surface area (Å²) in [5.41, 5.74) is 12.3. The number of carbonyl (C=O) groups excluding carboxylic acids is 2. The van der Waals surface area contributed by atoms with Crippen LogP contribution in [-0.2, 0) is 4.74 Å². The molecule has 1 aromatic carbocycles. The number of anilines is 3. The van der Waals surface area contributed by atoms with Gasteiger partial charge in [-0.05, 0) is 24.6 Å². The van der Waals surface area contributed by atoms with E-state index in [1.165, 1.54) is 22.3 Å². The zero-order valence-electron chi connectivity index (χ0n) is 17.2. The Morgan fingerprint density at radius 1 is 1.31 bits per heavy atom. The zero-order valence-corrected chi connectivity index (χ0v) is 18.8. The Kier molecular flexibility index (Phi) is 6.42. The molecule has 0 radical (unpaired) electrons. The predicted molar refractivity (Wildman–Crippen MR) is 125 cm³/mol. The summed E-state index contributed by atoms with van der Waals surface area (Å²) in [7, 11) is 0. The lowest BCUT2D eigenvalue weighted by Crippen LogP contribution is -2.49. The third kappa shape index (κ3) is 4.75. The number of nitrogen functional groups attached to an aromatic ring is 1. The Labute approximate surface area is 193 Å². The number of thiazole rings is 1. The summed E-state index contributed by atoms with van der Waals surface area (Å²) in [6.07, 6.45) is 0.179. The van der Waals surface area contributed by atoms with Gasteiger partial charge in [0.2, 0.25) is 0 Å². The molecule has 2 fully saturated rings. The molecule has 1 atom stereocenters. The van der Waals surface area contributed by atoms with E-state index in [1.807, 2.05) is 4.90 Å². The summed E-state index contributed by atoms with van der Waals surface area (Å²) in [5.74, 6) is -0.611. The lowest BCUT2D eigenvalue weighted by atomic mass is 10.1. The molecule has 0 unspecified atom stereocenters. The highest BCUT2D eigenvalue weighted by Gasteiger charge is 2.33. The number of ether oxygens (including phenoxy) is 1. The number of carbonyl (C=O) groups is 2. The third-order valence-corrected chi connectivity index (χ3v) is 6.36. The molecule has 0 saturated carbocycles. The van der Waals surface area contributed by atoms with Gasteiger partial charge in [0.1, 0.15) is 17.6 Å². The van der Waals surface area contributed by atoms with Crippen molar-refractivity contribution in [2.45, 2.75) is 18.9 Å². The monoisotopic (exact) mass is 478 g/mol. The van der Waals surface area contributed by atoms with Crippen LogP contribution in [0.1, 0.15) is 23.3 Å². The number of thiocarbonyl (C=S) groups is 1. The van der Waals surface area contributed by atoms with Crippen molar-refractivity contribution in [1.29, 1.82) is 0 Å². The fourth-order valence-corrected chi connectivity index (χ4v) is 4.46. The van der Waals surface area contributed by atoms with Crippen LogP contribution in [-0.4, -0.2) is 65.7 Å². The molecule has 32 heavy (non-hydrogen) atoms. The standard InChI is InChI=1S/C20H23FN6O3S2/c21-14-9-12(27-10-13(30-20(27)29)2-4-17(22)31)1-3-16(14)25-5-7-26(8-6-25)18(28)15-11-32-19(23)24-15/h1,3,9,11,13H,2,4-8,10H2,(H2,22,31)(H2,23,24)/t13-/m0/s1. The number of aromatic nitrogens is 1. The molecule has 2 aliphatic heterocycles. The summed E-state index contributed by atoms with van der Waals surface area (Å²) < 4.78 is 20.3. The van der Waals surface area contributed by atoms with E-state index in [2.05, 4.69) is 4.98 Å². The van der Waals surface area contributed by atoms with Crippen LogP contribution >= 0.6 is 23.6 Å². The summed E-state index contributed by atoms with van der Waals surface area (Å²) in [4.78, 5) is 34.1. The summed E-state index contributed by atoms with van der Waals surface area (Å²) in [5, 5.41) is 1.99. The molecule has 2 aromatic rings. The predicted octanol–water partition coefficient (Wildman–Crippen LogP) is 2.22. The quantitative estimate of drug-likeness (QED) is 0.607. The number of benzene rings is 1. The van der Waals surface area contributed by atoms with Gasteiger partial charge in [-0.1, -0.05) is 12.2 Å². The molecule has 0 bridgehead atoms. The second-order valence-electron chi connectivity index (χ2n) is 7.61. The minimum absolute atomic E-state index is 0.175. The normalized spacial score (nSPS) is 18.7. The Hall–Kier alpha value is -2.99. The van der Waals surface area contributed by atoms with Crippen LogP contribution in [0.25, 0.3) is 0 Å². The Bertz CT molecular complexity index is 1040.